The number of methoxy groups -OCH3 is 1. The normalized spacial score (nSPS) is 14.1. The molecule has 1 saturated heterocycles. The smallest absolute Gasteiger partial charge is 0.257 e. The molecule has 4 rings (SSSR count). The van der Waals surface area contributed by atoms with Crippen molar-refractivity contribution in [1.82, 2.24) is 14.8 Å². The summed E-state index contributed by atoms with van der Waals surface area (Å²) in [6.07, 6.45) is 2.26. The molecular formula is C24H27N3O4. The zero-order valence-electron chi connectivity index (χ0n) is 17.7. The van der Waals surface area contributed by atoms with Crippen LogP contribution in [0.15, 0.2) is 54.7 Å². The number of amides is 2. The summed E-state index contributed by atoms with van der Waals surface area (Å²) in [6, 6.07) is 15.2. The third-order valence-electron chi connectivity index (χ3n) is 5.60. The molecule has 0 unspecified atom stereocenters. The zero-order chi connectivity index (χ0) is 21.6. The second kappa shape index (κ2) is 9.66. The number of carbonyl (C=O) groups excluding carboxylic acids is 2. The Morgan fingerprint density at radius 2 is 1.65 bits per heavy atom. The van der Waals surface area contributed by atoms with Crippen LogP contribution in [0.2, 0.25) is 0 Å². The van der Waals surface area contributed by atoms with Crippen molar-refractivity contribution in [3.63, 3.8) is 0 Å². The number of H-pyrrole nitrogens is 1. The maximum absolute atomic E-state index is 13.0. The van der Waals surface area contributed by atoms with Crippen LogP contribution in [0.25, 0.3) is 10.9 Å². The summed E-state index contributed by atoms with van der Waals surface area (Å²) in [5.74, 6) is 0.569. The molecule has 2 aromatic carbocycles. The van der Waals surface area contributed by atoms with Crippen LogP contribution in [-0.4, -0.2) is 73.1 Å². The number of para-hydroxylation sites is 2. The lowest BCUT2D eigenvalue weighted by Gasteiger charge is -2.35. The topological polar surface area (TPSA) is 74.9 Å². The number of fused-ring (bicyclic) bond motifs is 1. The molecule has 1 aliphatic heterocycles. The Morgan fingerprint density at radius 3 is 2.45 bits per heavy atom. The van der Waals surface area contributed by atoms with Gasteiger partial charge in [-0.2, -0.15) is 0 Å². The molecule has 0 atom stereocenters. The molecule has 1 N–H and O–H groups in total. The number of benzene rings is 2. The monoisotopic (exact) mass is 421 g/mol. The number of aromatic amines is 1. The molecular weight excluding hydrogens is 394 g/mol. The van der Waals surface area contributed by atoms with Gasteiger partial charge in [0.2, 0.25) is 5.91 Å². The number of piperazine rings is 1. The highest BCUT2D eigenvalue weighted by atomic mass is 16.5. The van der Waals surface area contributed by atoms with Crippen LogP contribution in [0, 0.1) is 0 Å². The average molecular weight is 421 g/mol. The number of ether oxygens (including phenoxy) is 2. The van der Waals surface area contributed by atoms with Crippen LogP contribution in [0.3, 0.4) is 0 Å². The lowest BCUT2D eigenvalue weighted by atomic mass is 10.1. The van der Waals surface area contributed by atoms with Gasteiger partial charge in [0.05, 0.1) is 18.6 Å². The minimum atomic E-state index is -0.0725. The Kier molecular flexibility index (Phi) is 6.52. The van der Waals surface area contributed by atoms with Gasteiger partial charge >= 0.3 is 0 Å². The van der Waals surface area contributed by atoms with Crippen LogP contribution in [0.5, 0.6) is 5.75 Å². The van der Waals surface area contributed by atoms with E-state index in [1.165, 1.54) is 0 Å². The van der Waals surface area contributed by atoms with Crippen molar-refractivity contribution < 1.29 is 19.1 Å². The van der Waals surface area contributed by atoms with E-state index in [-0.39, 0.29) is 11.8 Å². The molecule has 0 radical (unpaired) electrons. The van der Waals surface area contributed by atoms with Gasteiger partial charge in [0, 0.05) is 50.4 Å². The van der Waals surface area contributed by atoms with Crippen LogP contribution < -0.4 is 4.74 Å². The fraction of sp³-hybridized carbons (Fsp3) is 0.333. The van der Waals surface area contributed by atoms with Gasteiger partial charge in [0.1, 0.15) is 12.4 Å². The Bertz CT molecular complexity index is 1050. The SMILES string of the molecule is COCCOc1ccccc1C(=O)N1CCN(C(=O)Cc2c[nH]c3ccccc23)CC1. The minimum Gasteiger partial charge on any atom is -0.490 e. The fourth-order valence-corrected chi connectivity index (χ4v) is 3.89. The summed E-state index contributed by atoms with van der Waals surface area (Å²) in [4.78, 5) is 32.7. The number of nitrogens with one attached hydrogen (secondary N) is 1. The van der Waals surface area contributed by atoms with Crippen molar-refractivity contribution in [2.75, 3.05) is 46.5 Å². The van der Waals surface area contributed by atoms with Crippen molar-refractivity contribution in [2.45, 2.75) is 6.42 Å². The fourth-order valence-electron chi connectivity index (χ4n) is 3.89. The van der Waals surface area contributed by atoms with Crippen LogP contribution in [0.1, 0.15) is 15.9 Å². The summed E-state index contributed by atoms with van der Waals surface area (Å²) >= 11 is 0. The summed E-state index contributed by atoms with van der Waals surface area (Å²) in [6.45, 7) is 2.91. The van der Waals surface area contributed by atoms with Crippen molar-refractivity contribution in [3.8, 4) is 5.75 Å². The van der Waals surface area contributed by atoms with Crippen molar-refractivity contribution in [1.29, 1.82) is 0 Å². The molecule has 0 aliphatic carbocycles. The van der Waals surface area contributed by atoms with E-state index in [1.807, 2.05) is 47.5 Å². The third kappa shape index (κ3) is 4.72. The molecule has 1 aromatic heterocycles. The predicted molar refractivity (Wildman–Crippen MR) is 118 cm³/mol. The lowest BCUT2D eigenvalue weighted by molar-refractivity contribution is -0.131. The zero-order valence-corrected chi connectivity index (χ0v) is 17.7. The van der Waals surface area contributed by atoms with E-state index in [1.54, 1.807) is 24.1 Å². The van der Waals surface area contributed by atoms with Gasteiger partial charge in [-0.25, -0.2) is 0 Å². The summed E-state index contributed by atoms with van der Waals surface area (Å²) in [5.41, 5.74) is 2.57. The standard InChI is InChI=1S/C24H27N3O4/c1-30-14-15-31-22-9-5-3-7-20(22)24(29)27-12-10-26(11-13-27)23(28)16-18-17-25-21-8-4-2-6-19(18)21/h2-9,17,25H,10-16H2,1H3. The number of hydrogen-bond acceptors (Lipinski definition) is 4. The highest BCUT2D eigenvalue weighted by Crippen LogP contribution is 2.22. The Labute approximate surface area is 181 Å². The second-order valence-electron chi connectivity index (χ2n) is 7.55. The Hall–Kier alpha value is -3.32. The Balaban J connectivity index is 1.35. The van der Waals surface area contributed by atoms with Crippen LogP contribution >= 0.6 is 0 Å². The number of hydrogen-bond donors (Lipinski definition) is 1. The van der Waals surface area contributed by atoms with Gasteiger partial charge in [0.25, 0.3) is 5.91 Å². The van der Waals surface area contributed by atoms with Gasteiger partial charge in [0.15, 0.2) is 0 Å². The molecule has 31 heavy (non-hydrogen) atoms. The lowest BCUT2D eigenvalue weighted by Crippen LogP contribution is -2.51. The van der Waals surface area contributed by atoms with E-state index in [9.17, 15) is 9.59 Å². The second-order valence-corrected chi connectivity index (χ2v) is 7.55. The van der Waals surface area contributed by atoms with E-state index >= 15 is 0 Å². The van der Waals surface area contributed by atoms with E-state index < -0.39 is 0 Å². The maximum atomic E-state index is 13.0. The van der Waals surface area contributed by atoms with Crippen molar-refractivity contribution >= 4 is 22.7 Å². The number of carbonyl (C=O) groups is 2. The third-order valence-corrected chi connectivity index (χ3v) is 5.60. The molecule has 1 fully saturated rings. The first kappa shape index (κ1) is 20.9. The van der Waals surface area contributed by atoms with Crippen LogP contribution in [-0.2, 0) is 16.0 Å². The molecule has 0 saturated carbocycles. The van der Waals surface area contributed by atoms with Gasteiger partial charge in [-0.1, -0.05) is 30.3 Å². The van der Waals surface area contributed by atoms with Crippen molar-refractivity contribution in [3.05, 3.63) is 65.9 Å². The van der Waals surface area contributed by atoms with E-state index in [0.29, 0.717) is 57.1 Å². The average Bonchev–Trinajstić information content (AvgIpc) is 3.22. The van der Waals surface area contributed by atoms with Gasteiger partial charge < -0.3 is 24.3 Å². The highest BCUT2D eigenvalue weighted by Gasteiger charge is 2.26. The number of aromatic nitrogens is 1. The number of rotatable bonds is 7. The Morgan fingerprint density at radius 1 is 0.935 bits per heavy atom. The number of nitrogens with zero attached hydrogens (tertiary/aromatic N) is 2. The quantitative estimate of drug-likeness (QED) is 0.596. The minimum absolute atomic E-state index is 0.0725. The molecule has 1 aliphatic rings. The predicted octanol–water partition coefficient (Wildman–Crippen LogP) is 2.72. The molecule has 7 heteroatoms. The molecule has 7 nitrogen and oxygen atoms in total. The van der Waals surface area contributed by atoms with Crippen LogP contribution in [0.4, 0.5) is 0 Å². The largest absolute Gasteiger partial charge is 0.490 e. The first-order valence-corrected chi connectivity index (χ1v) is 10.5. The summed E-state index contributed by atoms with van der Waals surface area (Å²) in [7, 11) is 1.61. The van der Waals surface area contributed by atoms with Gasteiger partial charge in [-0.3, -0.25) is 9.59 Å². The molecule has 0 spiro atoms. The first-order valence-electron chi connectivity index (χ1n) is 10.5. The maximum Gasteiger partial charge on any atom is 0.257 e. The first-order chi connectivity index (χ1) is 15.2. The highest BCUT2D eigenvalue weighted by molar-refractivity contribution is 5.97. The molecule has 2 heterocycles. The van der Waals surface area contributed by atoms with Crippen molar-refractivity contribution in [2.24, 2.45) is 0 Å². The van der Waals surface area contributed by atoms with E-state index in [2.05, 4.69) is 4.98 Å². The van der Waals surface area contributed by atoms with Gasteiger partial charge in [-0.05, 0) is 23.8 Å². The molecule has 2 amide bonds. The molecule has 3 aromatic rings. The van der Waals surface area contributed by atoms with Gasteiger partial charge in [-0.15, -0.1) is 0 Å². The van der Waals surface area contributed by atoms with E-state index in [0.717, 1.165) is 16.5 Å². The summed E-state index contributed by atoms with van der Waals surface area (Å²) < 4.78 is 10.7. The summed E-state index contributed by atoms with van der Waals surface area (Å²) in [5, 5.41) is 1.08. The molecule has 162 valence electrons. The van der Waals surface area contributed by atoms with E-state index in [4.69, 9.17) is 9.47 Å². The molecule has 0 bridgehead atoms.